The van der Waals surface area contributed by atoms with E-state index in [1.807, 2.05) is 6.20 Å². The summed E-state index contributed by atoms with van der Waals surface area (Å²) in [5, 5.41) is 0. The number of hydrogen-bond acceptors (Lipinski definition) is 1. The minimum Gasteiger partial charge on any atom is -0.256 e. The number of aryl methyl sites for hydroxylation is 2. The summed E-state index contributed by atoms with van der Waals surface area (Å²) in [4.78, 5) is 4.67. The van der Waals surface area contributed by atoms with Crippen molar-refractivity contribution in [1.29, 1.82) is 0 Å². The minimum absolute atomic E-state index is 0.647. The van der Waals surface area contributed by atoms with Crippen LogP contribution < -0.4 is 0 Å². The third-order valence-electron chi connectivity index (χ3n) is 8.20. The first-order chi connectivity index (χ1) is 20.1. The van der Waals surface area contributed by atoms with Gasteiger partial charge in [0.2, 0.25) is 0 Å². The molecule has 1 atom stereocenters. The smallest absolute Gasteiger partial charge is 0.0701 e. The molecule has 1 aliphatic carbocycles. The van der Waals surface area contributed by atoms with Gasteiger partial charge in [-0.2, -0.15) is 0 Å². The zero-order valence-electron chi connectivity index (χ0n) is 27.0. The molecule has 0 saturated carbocycles. The zero-order valence-corrected chi connectivity index (χ0v) is 27.0. The number of pyridine rings is 1. The van der Waals surface area contributed by atoms with Crippen LogP contribution in [0.2, 0.25) is 0 Å². The third kappa shape index (κ3) is 14.7. The molecule has 41 heavy (non-hydrogen) atoms. The second-order valence-electron chi connectivity index (χ2n) is 11.7. The average Bonchev–Trinajstić information content (AvgIpc) is 3.24. The molecule has 1 heteroatoms. The zero-order chi connectivity index (χ0) is 29.5. The quantitative estimate of drug-likeness (QED) is 0.132. The highest BCUT2D eigenvalue weighted by Crippen LogP contribution is 2.28. The number of benzene rings is 1. The number of rotatable bonds is 18. The van der Waals surface area contributed by atoms with Crippen LogP contribution in [0, 0.1) is 5.92 Å². The number of nitrogens with zero attached hydrogens (tertiary/aromatic N) is 1. The lowest BCUT2D eigenvalue weighted by Crippen LogP contribution is -2.03. The van der Waals surface area contributed by atoms with Crippen LogP contribution in [0.4, 0.5) is 0 Å². The van der Waals surface area contributed by atoms with Gasteiger partial charge in [0.25, 0.3) is 0 Å². The molecule has 2 aromatic rings. The second-order valence-corrected chi connectivity index (χ2v) is 11.7. The topological polar surface area (TPSA) is 12.9 Å². The summed E-state index contributed by atoms with van der Waals surface area (Å²) in [5.74, 6) is 0.647. The molecule has 3 rings (SSSR count). The Morgan fingerprint density at radius 1 is 0.756 bits per heavy atom. The van der Waals surface area contributed by atoms with Crippen LogP contribution in [0.5, 0.6) is 0 Å². The van der Waals surface area contributed by atoms with Crippen LogP contribution in [-0.2, 0) is 12.8 Å². The van der Waals surface area contributed by atoms with E-state index in [-0.39, 0.29) is 0 Å². The highest BCUT2D eigenvalue weighted by molar-refractivity contribution is 5.73. The van der Waals surface area contributed by atoms with Crippen LogP contribution in [0.3, 0.4) is 0 Å². The van der Waals surface area contributed by atoms with Crippen LogP contribution in [0.25, 0.3) is 5.57 Å². The van der Waals surface area contributed by atoms with Gasteiger partial charge in [-0.15, -0.1) is 0 Å². The minimum atomic E-state index is 0.647. The van der Waals surface area contributed by atoms with Crippen molar-refractivity contribution < 1.29 is 0 Å². The van der Waals surface area contributed by atoms with Gasteiger partial charge in [-0.05, 0) is 85.3 Å². The van der Waals surface area contributed by atoms with Crippen molar-refractivity contribution >= 4 is 5.57 Å². The van der Waals surface area contributed by atoms with Crippen molar-refractivity contribution in [3.63, 3.8) is 0 Å². The van der Waals surface area contributed by atoms with E-state index in [2.05, 4.69) is 106 Å². The maximum Gasteiger partial charge on any atom is 0.0701 e. The number of aromatic nitrogens is 1. The summed E-state index contributed by atoms with van der Waals surface area (Å²) in [6, 6.07) is 15.2. The summed E-state index contributed by atoms with van der Waals surface area (Å²) in [5.41, 5.74) is 7.87. The normalized spacial score (nSPS) is 13.5. The van der Waals surface area contributed by atoms with E-state index in [1.54, 1.807) is 0 Å². The third-order valence-corrected chi connectivity index (χ3v) is 8.20. The number of allylic oxidation sites excluding steroid dienone is 7. The summed E-state index contributed by atoms with van der Waals surface area (Å²) < 4.78 is 0. The van der Waals surface area contributed by atoms with Gasteiger partial charge in [0.15, 0.2) is 0 Å². The Morgan fingerprint density at radius 2 is 1.44 bits per heavy atom. The van der Waals surface area contributed by atoms with E-state index in [1.165, 1.54) is 98.5 Å². The van der Waals surface area contributed by atoms with Crippen molar-refractivity contribution in [3.05, 3.63) is 108 Å². The number of unbranched alkanes of at least 4 members (excludes halogenated alkanes) is 7. The van der Waals surface area contributed by atoms with Gasteiger partial charge in [-0.3, -0.25) is 4.98 Å². The molecule has 1 aliphatic rings. The molecule has 1 nitrogen and oxygen atoms in total. The lowest BCUT2D eigenvalue weighted by atomic mass is 9.88. The summed E-state index contributed by atoms with van der Waals surface area (Å²) in [6.45, 7) is 13.5. The highest BCUT2D eigenvalue weighted by atomic mass is 14.7. The Balaban J connectivity index is 0.000000564. The van der Waals surface area contributed by atoms with Gasteiger partial charge in [0.05, 0.1) is 5.69 Å². The Bertz CT molecular complexity index is 1050. The van der Waals surface area contributed by atoms with E-state index in [4.69, 9.17) is 0 Å². The van der Waals surface area contributed by atoms with Crippen LogP contribution in [0.1, 0.15) is 134 Å². The standard InChI is InChI=1S/C31H39N.C9H20/c1-4-6-17-29(5-2)25(3)23-27-16-11-18-30(20-19-27)31-24-28(21-22-32-31)15-10-14-26-12-8-7-9-13-26;1-3-5-7-9-8-6-4-2/h7-9,12-13,16,18-22,24,29H,3-6,10-11,14-15,17,23H2,1-2H3;3-9H2,1-2H3. The summed E-state index contributed by atoms with van der Waals surface area (Å²) >= 11 is 0. The predicted octanol–water partition coefficient (Wildman–Crippen LogP) is 12.4. The molecule has 224 valence electrons. The Kier molecular flexibility index (Phi) is 18.5. The van der Waals surface area contributed by atoms with Gasteiger partial charge < -0.3 is 0 Å². The van der Waals surface area contributed by atoms with E-state index < -0.39 is 0 Å². The molecule has 0 radical (unpaired) electrons. The lowest BCUT2D eigenvalue weighted by molar-refractivity contribution is 0.508. The Morgan fingerprint density at radius 3 is 2.12 bits per heavy atom. The first-order valence-electron chi connectivity index (χ1n) is 16.8. The van der Waals surface area contributed by atoms with Crippen molar-refractivity contribution in [2.45, 2.75) is 130 Å². The van der Waals surface area contributed by atoms with E-state index >= 15 is 0 Å². The first-order valence-corrected chi connectivity index (χ1v) is 16.8. The van der Waals surface area contributed by atoms with Gasteiger partial charge in [-0.25, -0.2) is 0 Å². The fraction of sp³-hybridized carbons (Fsp3) is 0.525. The monoisotopic (exact) mass is 553 g/mol. The van der Waals surface area contributed by atoms with E-state index in [0.717, 1.165) is 37.8 Å². The molecule has 0 fully saturated rings. The lowest BCUT2D eigenvalue weighted by Gasteiger charge is -2.18. The van der Waals surface area contributed by atoms with Crippen LogP contribution in [-0.4, -0.2) is 4.98 Å². The van der Waals surface area contributed by atoms with Crippen LogP contribution >= 0.6 is 0 Å². The fourth-order valence-corrected chi connectivity index (χ4v) is 5.50. The van der Waals surface area contributed by atoms with Crippen LogP contribution in [0.15, 0.2) is 90.7 Å². The molecule has 1 unspecified atom stereocenters. The van der Waals surface area contributed by atoms with Crippen molar-refractivity contribution in [1.82, 2.24) is 4.98 Å². The van der Waals surface area contributed by atoms with Gasteiger partial charge in [-0.1, -0.05) is 152 Å². The van der Waals surface area contributed by atoms with Crippen molar-refractivity contribution in [3.8, 4) is 0 Å². The van der Waals surface area contributed by atoms with Gasteiger partial charge in [0.1, 0.15) is 0 Å². The second kappa shape index (κ2) is 22.0. The molecule has 0 bridgehead atoms. The molecule has 0 saturated heterocycles. The molecule has 1 aromatic carbocycles. The molecule has 0 spiro atoms. The first kappa shape index (κ1) is 34.5. The molecular formula is C40H59N. The molecule has 0 aliphatic heterocycles. The molecule has 0 N–H and O–H groups in total. The van der Waals surface area contributed by atoms with Gasteiger partial charge in [0, 0.05) is 6.20 Å². The van der Waals surface area contributed by atoms with Crippen molar-refractivity contribution in [2.75, 3.05) is 0 Å². The molecule has 1 heterocycles. The average molecular weight is 554 g/mol. The predicted molar refractivity (Wildman–Crippen MR) is 183 cm³/mol. The number of hydrogen-bond donors (Lipinski definition) is 0. The van der Waals surface area contributed by atoms with Crippen molar-refractivity contribution in [2.24, 2.45) is 5.92 Å². The maximum absolute atomic E-state index is 4.67. The molecule has 1 aromatic heterocycles. The van der Waals surface area contributed by atoms with E-state index in [0.29, 0.717) is 5.92 Å². The molecular weight excluding hydrogens is 494 g/mol. The Hall–Kier alpha value is -2.67. The summed E-state index contributed by atoms with van der Waals surface area (Å²) in [6.07, 6.45) is 31.4. The van der Waals surface area contributed by atoms with Gasteiger partial charge >= 0.3 is 0 Å². The largest absolute Gasteiger partial charge is 0.256 e. The Labute approximate surface area is 254 Å². The van der Waals surface area contributed by atoms with E-state index in [9.17, 15) is 0 Å². The molecule has 0 amide bonds. The maximum atomic E-state index is 4.67. The SMILES string of the molecule is C=C(CC1=CCC=C(c2cc(CCCc3ccccc3)ccn2)C=C1)C(CC)CCCC.CCCCCCCCC. The summed E-state index contributed by atoms with van der Waals surface area (Å²) in [7, 11) is 0. The highest BCUT2D eigenvalue weighted by Gasteiger charge is 2.12. The fourth-order valence-electron chi connectivity index (χ4n) is 5.50.